The van der Waals surface area contributed by atoms with Gasteiger partial charge in [0.2, 0.25) is 0 Å². The van der Waals surface area contributed by atoms with Crippen molar-refractivity contribution in [2.24, 2.45) is 0 Å². The summed E-state index contributed by atoms with van der Waals surface area (Å²) in [6, 6.07) is 9.29. The van der Waals surface area contributed by atoms with Gasteiger partial charge in [0, 0.05) is 31.5 Å². The highest BCUT2D eigenvalue weighted by molar-refractivity contribution is 6.33. The lowest BCUT2D eigenvalue weighted by Gasteiger charge is -2.20. The standard InChI is InChI=1S/C15H15ClN2O/c1-11(19)13-5-6-15(14(16)8-13)18(2)10-12-4-3-7-17-9-12/h3-9H,10H2,1-2H3. The van der Waals surface area contributed by atoms with Gasteiger partial charge in [0.1, 0.15) is 0 Å². The number of pyridine rings is 1. The molecule has 4 heteroatoms. The van der Waals surface area contributed by atoms with Crippen molar-refractivity contribution in [1.29, 1.82) is 0 Å². The van der Waals surface area contributed by atoms with Crippen LogP contribution in [0.3, 0.4) is 0 Å². The molecule has 0 radical (unpaired) electrons. The zero-order valence-electron chi connectivity index (χ0n) is 10.9. The van der Waals surface area contributed by atoms with Gasteiger partial charge in [-0.2, -0.15) is 0 Å². The second-order valence-electron chi connectivity index (χ2n) is 4.44. The van der Waals surface area contributed by atoms with Crippen LogP contribution in [-0.4, -0.2) is 17.8 Å². The molecule has 98 valence electrons. The van der Waals surface area contributed by atoms with Crippen LogP contribution in [0.2, 0.25) is 5.02 Å². The maximum absolute atomic E-state index is 11.3. The number of carbonyl (C=O) groups is 1. The number of ketones is 1. The summed E-state index contributed by atoms with van der Waals surface area (Å²) in [6.07, 6.45) is 3.58. The van der Waals surface area contributed by atoms with Crippen molar-refractivity contribution in [3.05, 3.63) is 58.9 Å². The van der Waals surface area contributed by atoms with E-state index >= 15 is 0 Å². The van der Waals surface area contributed by atoms with E-state index in [0.717, 1.165) is 11.3 Å². The molecule has 0 amide bonds. The molecule has 1 aromatic heterocycles. The summed E-state index contributed by atoms with van der Waals surface area (Å²) >= 11 is 6.23. The van der Waals surface area contributed by atoms with Crippen LogP contribution in [0.25, 0.3) is 0 Å². The number of carbonyl (C=O) groups excluding carboxylic acids is 1. The highest BCUT2D eigenvalue weighted by Crippen LogP contribution is 2.27. The highest BCUT2D eigenvalue weighted by Gasteiger charge is 2.09. The Hall–Kier alpha value is -1.87. The first kappa shape index (κ1) is 13.6. The molecule has 0 aliphatic rings. The van der Waals surface area contributed by atoms with Crippen molar-refractivity contribution in [1.82, 2.24) is 4.98 Å². The van der Waals surface area contributed by atoms with Crippen LogP contribution in [0.1, 0.15) is 22.8 Å². The molecule has 0 saturated heterocycles. The summed E-state index contributed by atoms with van der Waals surface area (Å²) in [6.45, 7) is 2.25. The fraction of sp³-hybridized carbons (Fsp3) is 0.200. The van der Waals surface area contributed by atoms with Gasteiger partial charge < -0.3 is 4.90 Å². The zero-order chi connectivity index (χ0) is 13.8. The molecule has 0 aliphatic carbocycles. The molecule has 1 aromatic carbocycles. The number of nitrogens with zero attached hydrogens (tertiary/aromatic N) is 2. The molecule has 0 aliphatic heterocycles. The minimum atomic E-state index is 0.0170. The topological polar surface area (TPSA) is 33.2 Å². The number of hydrogen-bond donors (Lipinski definition) is 0. The summed E-state index contributed by atoms with van der Waals surface area (Å²) in [5.74, 6) is 0.0170. The maximum atomic E-state index is 11.3. The lowest BCUT2D eigenvalue weighted by atomic mass is 10.1. The summed E-state index contributed by atoms with van der Waals surface area (Å²) < 4.78 is 0. The minimum Gasteiger partial charge on any atom is -0.369 e. The van der Waals surface area contributed by atoms with E-state index < -0.39 is 0 Å². The second kappa shape index (κ2) is 5.85. The SMILES string of the molecule is CC(=O)c1ccc(N(C)Cc2cccnc2)c(Cl)c1. The van der Waals surface area contributed by atoms with Crippen LogP contribution in [-0.2, 0) is 6.54 Å². The maximum Gasteiger partial charge on any atom is 0.159 e. The van der Waals surface area contributed by atoms with Gasteiger partial charge in [-0.1, -0.05) is 17.7 Å². The van der Waals surface area contributed by atoms with Gasteiger partial charge in [-0.05, 0) is 36.8 Å². The Labute approximate surface area is 117 Å². The molecular formula is C15H15ClN2O. The predicted molar refractivity (Wildman–Crippen MR) is 77.8 cm³/mol. The fourth-order valence-corrected chi connectivity index (χ4v) is 2.21. The van der Waals surface area contributed by atoms with Crippen molar-refractivity contribution < 1.29 is 4.79 Å². The number of aromatic nitrogens is 1. The van der Waals surface area contributed by atoms with Crippen molar-refractivity contribution in [3.63, 3.8) is 0 Å². The molecule has 19 heavy (non-hydrogen) atoms. The molecule has 0 N–H and O–H groups in total. The third kappa shape index (κ3) is 3.32. The van der Waals surface area contributed by atoms with Gasteiger partial charge in [0.05, 0.1) is 10.7 Å². The van der Waals surface area contributed by atoms with Gasteiger partial charge in [-0.3, -0.25) is 9.78 Å². The molecule has 0 fully saturated rings. The largest absolute Gasteiger partial charge is 0.369 e. The predicted octanol–water partition coefficient (Wildman–Crippen LogP) is 3.57. The Balaban J connectivity index is 2.20. The van der Waals surface area contributed by atoms with Gasteiger partial charge in [0.25, 0.3) is 0 Å². The van der Waals surface area contributed by atoms with E-state index in [2.05, 4.69) is 4.98 Å². The molecule has 3 nitrogen and oxygen atoms in total. The van der Waals surface area contributed by atoms with E-state index in [1.54, 1.807) is 18.3 Å². The number of rotatable bonds is 4. The molecule has 1 heterocycles. The van der Waals surface area contributed by atoms with Crippen LogP contribution in [0.5, 0.6) is 0 Å². The first-order valence-electron chi connectivity index (χ1n) is 5.98. The van der Waals surface area contributed by atoms with Crippen molar-refractivity contribution in [3.8, 4) is 0 Å². The second-order valence-corrected chi connectivity index (χ2v) is 4.85. The van der Waals surface area contributed by atoms with E-state index in [1.807, 2.05) is 36.3 Å². The normalized spacial score (nSPS) is 10.3. The molecule has 0 spiro atoms. The zero-order valence-corrected chi connectivity index (χ0v) is 11.7. The molecular weight excluding hydrogens is 260 g/mol. The molecule has 0 unspecified atom stereocenters. The van der Waals surface area contributed by atoms with Crippen molar-refractivity contribution in [2.45, 2.75) is 13.5 Å². The highest BCUT2D eigenvalue weighted by atomic mass is 35.5. The molecule has 0 bridgehead atoms. The Morgan fingerprint density at radius 3 is 2.74 bits per heavy atom. The number of anilines is 1. The van der Waals surface area contributed by atoms with E-state index in [4.69, 9.17) is 11.6 Å². The number of benzene rings is 1. The Morgan fingerprint density at radius 2 is 2.16 bits per heavy atom. The van der Waals surface area contributed by atoms with Crippen molar-refractivity contribution in [2.75, 3.05) is 11.9 Å². The third-order valence-corrected chi connectivity index (χ3v) is 3.21. The molecule has 2 aromatic rings. The van der Waals surface area contributed by atoms with Crippen LogP contribution in [0.15, 0.2) is 42.7 Å². The fourth-order valence-electron chi connectivity index (χ4n) is 1.89. The molecule has 0 saturated carbocycles. The lowest BCUT2D eigenvalue weighted by Crippen LogP contribution is -2.17. The van der Waals surface area contributed by atoms with Crippen molar-refractivity contribution >= 4 is 23.1 Å². The summed E-state index contributed by atoms with van der Waals surface area (Å²) in [4.78, 5) is 17.4. The first-order valence-corrected chi connectivity index (χ1v) is 6.36. The molecule has 0 atom stereocenters. The average molecular weight is 275 g/mol. The van der Waals surface area contributed by atoms with Gasteiger partial charge in [-0.15, -0.1) is 0 Å². The van der Waals surface area contributed by atoms with E-state index in [-0.39, 0.29) is 5.78 Å². The summed E-state index contributed by atoms with van der Waals surface area (Å²) in [7, 11) is 1.96. The first-order chi connectivity index (χ1) is 9.08. The summed E-state index contributed by atoms with van der Waals surface area (Å²) in [5, 5.41) is 0.582. The van der Waals surface area contributed by atoms with Gasteiger partial charge >= 0.3 is 0 Å². The molecule has 2 rings (SSSR count). The van der Waals surface area contributed by atoms with Crippen LogP contribution in [0.4, 0.5) is 5.69 Å². The van der Waals surface area contributed by atoms with Gasteiger partial charge in [0.15, 0.2) is 5.78 Å². The lowest BCUT2D eigenvalue weighted by molar-refractivity contribution is 0.101. The van der Waals surface area contributed by atoms with E-state index in [9.17, 15) is 4.79 Å². The van der Waals surface area contributed by atoms with Crippen LogP contribution >= 0.6 is 11.6 Å². The Kier molecular flexibility index (Phi) is 4.17. The van der Waals surface area contributed by atoms with E-state index in [0.29, 0.717) is 17.1 Å². The van der Waals surface area contributed by atoms with Crippen LogP contribution < -0.4 is 4.90 Å². The Morgan fingerprint density at radius 1 is 1.37 bits per heavy atom. The smallest absolute Gasteiger partial charge is 0.159 e. The quantitative estimate of drug-likeness (QED) is 0.799. The van der Waals surface area contributed by atoms with Crippen LogP contribution in [0, 0.1) is 0 Å². The monoisotopic (exact) mass is 274 g/mol. The number of halogens is 1. The number of hydrogen-bond acceptors (Lipinski definition) is 3. The average Bonchev–Trinajstić information content (AvgIpc) is 2.39. The number of Topliss-reactive ketones (excluding diaryl/α,β-unsaturated/α-hetero) is 1. The Bertz CT molecular complexity index is 584. The van der Waals surface area contributed by atoms with E-state index in [1.165, 1.54) is 6.92 Å². The summed E-state index contributed by atoms with van der Waals surface area (Å²) in [5.41, 5.74) is 2.63. The van der Waals surface area contributed by atoms with Gasteiger partial charge in [-0.25, -0.2) is 0 Å². The third-order valence-electron chi connectivity index (χ3n) is 2.91. The minimum absolute atomic E-state index is 0.0170.